The number of sulfonamides is 1. The van der Waals surface area contributed by atoms with Crippen LogP contribution in [0.15, 0.2) is 23.2 Å². The van der Waals surface area contributed by atoms with Gasteiger partial charge in [-0.3, -0.25) is 0 Å². The van der Waals surface area contributed by atoms with Gasteiger partial charge in [0.1, 0.15) is 4.90 Å². The molecule has 0 aliphatic carbocycles. The van der Waals surface area contributed by atoms with Crippen molar-refractivity contribution < 1.29 is 8.42 Å². The third-order valence-electron chi connectivity index (χ3n) is 2.91. The number of pyridine rings is 1. The van der Waals surface area contributed by atoms with E-state index in [9.17, 15) is 8.42 Å². The zero-order valence-electron chi connectivity index (χ0n) is 9.63. The first kappa shape index (κ1) is 12.3. The molecule has 2 heterocycles. The van der Waals surface area contributed by atoms with E-state index in [-0.39, 0.29) is 10.7 Å². The number of nitrogen functional groups attached to an aromatic ring is 1. The fourth-order valence-corrected chi connectivity index (χ4v) is 3.64. The first-order valence-corrected chi connectivity index (χ1v) is 6.91. The summed E-state index contributed by atoms with van der Waals surface area (Å²) in [4.78, 5) is 4.05. The number of nitrogens with two attached hydrogens (primary N) is 1. The Kier molecular flexibility index (Phi) is 3.32. The highest BCUT2D eigenvalue weighted by Crippen LogP contribution is 2.26. The van der Waals surface area contributed by atoms with Gasteiger partial charge in [0.2, 0.25) is 10.0 Å². The number of aromatic nitrogens is 1. The van der Waals surface area contributed by atoms with E-state index in [1.54, 1.807) is 6.07 Å². The predicted octanol–water partition coefficient (Wildman–Crippen LogP) is 0.398. The van der Waals surface area contributed by atoms with Gasteiger partial charge in [-0.05, 0) is 24.5 Å². The SMILES string of the molecule is CC1CCN(S(=O)(=O)c2cccnc2NN)C1. The summed E-state index contributed by atoms with van der Waals surface area (Å²) in [6.45, 7) is 3.16. The minimum atomic E-state index is -3.49. The first-order valence-electron chi connectivity index (χ1n) is 5.47. The summed E-state index contributed by atoms with van der Waals surface area (Å²) in [5.74, 6) is 5.86. The summed E-state index contributed by atoms with van der Waals surface area (Å²) in [5, 5.41) is 0. The van der Waals surface area contributed by atoms with Crippen molar-refractivity contribution in [1.29, 1.82) is 0 Å². The van der Waals surface area contributed by atoms with Crippen LogP contribution in [0.3, 0.4) is 0 Å². The van der Waals surface area contributed by atoms with Crippen LogP contribution in [0.2, 0.25) is 0 Å². The summed E-state index contributed by atoms with van der Waals surface area (Å²) in [5.41, 5.74) is 2.32. The number of rotatable bonds is 3. The van der Waals surface area contributed by atoms with Crippen molar-refractivity contribution in [3.63, 3.8) is 0 Å². The van der Waals surface area contributed by atoms with Crippen LogP contribution in [0, 0.1) is 5.92 Å². The van der Waals surface area contributed by atoms with Crippen molar-refractivity contribution in [2.45, 2.75) is 18.2 Å². The minimum Gasteiger partial charge on any atom is -0.307 e. The van der Waals surface area contributed by atoms with Gasteiger partial charge < -0.3 is 5.43 Å². The second kappa shape index (κ2) is 4.59. The largest absolute Gasteiger partial charge is 0.307 e. The van der Waals surface area contributed by atoms with Gasteiger partial charge in [0.15, 0.2) is 5.82 Å². The van der Waals surface area contributed by atoms with Crippen LogP contribution in [-0.4, -0.2) is 30.8 Å². The molecule has 0 spiro atoms. The maximum Gasteiger partial charge on any atom is 0.246 e. The summed E-state index contributed by atoms with van der Waals surface area (Å²) in [6.07, 6.45) is 2.39. The molecule has 7 heteroatoms. The summed E-state index contributed by atoms with van der Waals surface area (Å²) in [6, 6.07) is 3.10. The van der Waals surface area contributed by atoms with Crippen molar-refractivity contribution in [2.75, 3.05) is 18.5 Å². The number of nitrogens with one attached hydrogen (secondary N) is 1. The van der Waals surface area contributed by atoms with E-state index in [4.69, 9.17) is 5.84 Å². The molecule has 17 heavy (non-hydrogen) atoms. The number of hydrogen-bond acceptors (Lipinski definition) is 5. The third kappa shape index (κ3) is 2.26. The average molecular weight is 256 g/mol. The molecule has 1 aliphatic heterocycles. The van der Waals surface area contributed by atoms with Crippen LogP contribution in [0.4, 0.5) is 5.82 Å². The summed E-state index contributed by atoms with van der Waals surface area (Å²) < 4.78 is 26.2. The van der Waals surface area contributed by atoms with Gasteiger partial charge in [0.25, 0.3) is 0 Å². The normalized spacial score (nSPS) is 21.6. The molecule has 1 unspecified atom stereocenters. The van der Waals surface area contributed by atoms with E-state index in [0.717, 1.165) is 6.42 Å². The van der Waals surface area contributed by atoms with Crippen molar-refractivity contribution in [3.05, 3.63) is 18.3 Å². The Morgan fingerprint density at radius 2 is 2.35 bits per heavy atom. The van der Waals surface area contributed by atoms with E-state index in [2.05, 4.69) is 10.4 Å². The van der Waals surface area contributed by atoms with Crippen molar-refractivity contribution in [1.82, 2.24) is 9.29 Å². The topological polar surface area (TPSA) is 88.3 Å². The summed E-state index contributed by atoms with van der Waals surface area (Å²) in [7, 11) is -3.49. The highest BCUT2D eigenvalue weighted by Gasteiger charge is 2.32. The lowest BCUT2D eigenvalue weighted by molar-refractivity contribution is 0.464. The molecule has 1 saturated heterocycles. The van der Waals surface area contributed by atoms with Crippen molar-refractivity contribution in [3.8, 4) is 0 Å². The van der Waals surface area contributed by atoms with Gasteiger partial charge in [-0.2, -0.15) is 4.31 Å². The quantitative estimate of drug-likeness (QED) is 0.603. The van der Waals surface area contributed by atoms with Crippen LogP contribution in [0.5, 0.6) is 0 Å². The first-order chi connectivity index (χ1) is 8.05. The van der Waals surface area contributed by atoms with Crippen molar-refractivity contribution >= 4 is 15.8 Å². The molecule has 3 N–H and O–H groups in total. The van der Waals surface area contributed by atoms with Crippen LogP contribution < -0.4 is 11.3 Å². The molecular weight excluding hydrogens is 240 g/mol. The molecule has 1 fully saturated rings. The molecule has 1 aromatic heterocycles. The third-order valence-corrected chi connectivity index (χ3v) is 4.81. The molecule has 0 aromatic carbocycles. The lowest BCUT2D eigenvalue weighted by Crippen LogP contribution is -2.30. The number of hydrazine groups is 1. The molecule has 0 saturated carbocycles. The van der Waals surface area contributed by atoms with Gasteiger partial charge in [0, 0.05) is 19.3 Å². The standard InChI is InChI=1S/C10H16N4O2S/c1-8-4-6-14(7-8)17(15,16)9-3-2-5-12-10(9)13-11/h2-3,5,8H,4,6-7,11H2,1H3,(H,12,13). The molecule has 1 aliphatic rings. The Labute approximate surface area is 101 Å². The van der Waals surface area contributed by atoms with E-state index in [1.165, 1.54) is 16.6 Å². The van der Waals surface area contributed by atoms with E-state index in [1.807, 2.05) is 6.92 Å². The maximum atomic E-state index is 12.4. The Bertz CT molecular complexity index is 503. The summed E-state index contributed by atoms with van der Waals surface area (Å²) >= 11 is 0. The van der Waals surface area contributed by atoms with E-state index in [0.29, 0.717) is 19.0 Å². The Morgan fingerprint density at radius 1 is 1.59 bits per heavy atom. The van der Waals surface area contributed by atoms with Gasteiger partial charge in [-0.15, -0.1) is 0 Å². The van der Waals surface area contributed by atoms with Gasteiger partial charge in [-0.1, -0.05) is 6.92 Å². The maximum absolute atomic E-state index is 12.4. The zero-order valence-corrected chi connectivity index (χ0v) is 10.4. The van der Waals surface area contributed by atoms with Gasteiger partial charge in [-0.25, -0.2) is 19.2 Å². The van der Waals surface area contributed by atoms with Crippen LogP contribution in [-0.2, 0) is 10.0 Å². The number of anilines is 1. The molecule has 0 radical (unpaired) electrons. The molecular formula is C10H16N4O2S. The molecule has 0 bridgehead atoms. The van der Waals surface area contributed by atoms with E-state index >= 15 is 0 Å². The average Bonchev–Trinajstić information content (AvgIpc) is 2.76. The second-order valence-electron chi connectivity index (χ2n) is 4.25. The van der Waals surface area contributed by atoms with Gasteiger partial charge in [0.05, 0.1) is 0 Å². The molecule has 6 nitrogen and oxygen atoms in total. The van der Waals surface area contributed by atoms with Gasteiger partial charge >= 0.3 is 0 Å². The van der Waals surface area contributed by atoms with Crippen LogP contribution in [0.1, 0.15) is 13.3 Å². The highest BCUT2D eigenvalue weighted by molar-refractivity contribution is 7.89. The number of hydrogen-bond donors (Lipinski definition) is 2. The zero-order chi connectivity index (χ0) is 12.5. The lowest BCUT2D eigenvalue weighted by atomic mass is 10.2. The van der Waals surface area contributed by atoms with Crippen LogP contribution in [0.25, 0.3) is 0 Å². The predicted molar refractivity (Wildman–Crippen MR) is 64.6 cm³/mol. The Hall–Kier alpha value is -1.18. The smallest absolute Gasteiger partial charge is 0.246 e. The molecule has 94 valence electrons. The number of nitrogens with zero attached hydrogens (tertiary/aromatic N) is 2. The Balaban J connectivity index is 2.38. The Morgan fingerprint density at radius 3 is 2.94 bits per heavy atom. The van der Waals surface area contributed by atoms with Crippen molar-refractivity contribution in [2.24, 2.45) is 11.8 Å². The van der Waals surface area contributed by atoms with Crippen LogP contribution >= 0.6 is 0 Å². The molecule has 1 atom stereocenters. The second-order valence-corrected chi connectivity index (χ2v) is 6.16. The molecule has 1 aromatic rings. The monoisotopic (exact) mass is 256 g/mol. The highest BCUT2D eigenvalue weighted by atomic mass is 32.2. The lowest BCUT2D eigenvalue weighted by Gasteiger charge is -2.17. The van der Waals surface area contributed by atoms with E-state index < -0.39 is 10.0 Å². The fourth-order valence-electron chi connectivity index (χ4n) is 1.96. The minimum absolute atomic E-state index is 0.136. The fraction of sp³-hybridized carbons (Fsp3) is 0.500. The molecule has 0 amide bonds. The molecule has 2 rings (SSSR count).